The lowest BCUT2D eigenvalue weighted by molar-refractivity contribution is -0.139. The van der Waals surface area contributed by atoms with E-state index in [-0.39, 0.29) is 12.2 Å². The molecule has 1 aliphatic heterocycles. The Labute approximate surface area is 192 Å². The maximum atomic E-state index is 13.5. The molecule has 7 heteroatoms. The number of halogens is 1. The van der Waals surface area contributed by atoms with Gasteiger partial charge in [-0.25, -0.2) is 9.79 Å². The van der Waals surface area contributed by atoms with Gasteiger partial charge in [-0.3, -0.25) is 9.36 Å². The fraction of sp³-hybridized carbons (Fsp3) is 0.208. The predicted octanol–water partition coefficient (Wildman–Crippen LogP) is 3.87. The van der Waals surface area contributed by atoms with Gasteiger partial charge in [0, 0.05) is 4.47 Å². The van der Waals surface area contributed by atoms with Crippen LogP contribution in [0.1, 0.15) is 36.6 Å². The van der Waals surface area contributed by atoms with Crippen LogP contribution >= 0.6 is 27.3 Å². The molecule has 5 nitrogen and oxygen atoms in total. The molecule has 0 N–H and O–H groups in total. The third-order valence-corrected chi connectivity index (χ3v) is 6.59. The third-order valence-electron chi connectivity index (χ3n) is 5.08. The van der Waals surface area contributed by atoms with E-state index in [2.05, 4.69) is 20.9 Å². The van der Waals surface area contributed by atoms with Crippen LogP contribution in [-0.2, 0) is 9.53 Å². The van der Waals surface area contributed by atoms with Gasteiger partial charge in [-0.2, -0.15) is 0 Å². The number of benzene rings is 2. The fourth-order valence-corrected chi connectivity index (χ4v) is 4.88. The highest BCUT2D eigenvalue weighted by molar-refractivity contribution is 9.10. The molecule has 0 fully saturated rings. The van der Waals surface area contributed by atoms with Crippen molar-refractivity contribution in [1.82, 2.24) is 4.57 Å². The molecule has 1 aliphatic rings. The first kappa shape index (κ1) is 21.5. The van der Waals surface area contributed by atoms with Gasteiger partial charge in [0.25, 0.3) is 5.56 Å². The van der Waals surface area contributed by atoms with Crippen molar-refractivity contribution in [1.29, 1.82) is 0 Å². The lowest BCUT2D eigenvalue weighted by atomic mass is 9.95. The van der Waals surface area contributed by atoms with Gasteiger partial charge in [0.05, 0.1) is 28.5 Å². The van der Waals surface area contributed by atoms with E-state index < -0.39 is 12.0 Å². The summed E-state index contributed by atoms with van der Waals surface area (Å²) in [6, 6.07) is 15.0. The van der Waals surface area contributed by atoms with Crippen LogP contribution in [0.25, 0.3) is 6.08 Å². The molecule has 0 radical (unpaired) electrons. The molecule has 2 aromatic carbocycles. The van der Waals surface area contributed by atoms with Gasteiger partial charge in [-0.05, 0) is 50.1 Å². The molecule has 0 aliphatic carbocycles. The summed E-state index contributed by atoms with van der Waals surface area (Å²) in [5.74, 6) is -0.448. The quantitative estimate of drug-likeness (QED) is 0.515. The second kappa shape index (κ2) is 8.77. The van der Waals surface area contributed by atoms with Crippen molar-refractivity contribution in [3.63, 3.8) is 0 Å². The Morgan fingerprint density at radius 2 is 1.84 bits per heavy atom. The highest BCUT2D eigenvalue weighted by atomic mass is 79.9. The second-order valence-electron chi connectivity index (χ2n) is 7.26. The maximum absolute atomic E-state index is 13.5. The Balaban J connectivity index is 1.94. The molecule has 158 valence electrons. The minimum atomic E-state index is -0.581. The van der Waals surface area contributed by atoms with Crippen molar-refractivity contribution in [3.05, 3.63) is 101 Å². The largest absolute Gasteiger partial charge is 0.463 e. The van der Waals surface area contributed by atoms with E-state index in [1.165, 1.54) is 11.3 Å². The summed E-state index contributed by atoms with van der Waals surface area (Å²) in [4.78, 5) is 31.5. The van der Waals surface area contributed by atoms with Crippen LogP contribution in [0, 0.1) is 6.92 Å². The van der Waals surface area contributed by atoms with E-state index in [0.29, 0.717) is 20.6 Å². The monoisotopic (exact) mass is 496 g/mol. The van der Waals surface area contributed by atoms with Crippen LogP contribution in [-0.4, -0.2) is 17.1 Å². The van der Waals surface area contributed by atoms with E-state index in [4.69, 9.17) is 4.74 Å². The summed E-state index contributed by atoms with van der Waals surface area (Å²) < 4.78 is 8.46. The van der Waals surface area contributed by atoms with Crippen LogP contribution in [0.2, 0.25) is 0 Å². The summed E-state index contributed by atoms with van der Waals surface area (Å²) in [6.07, 6.45) is 1.85. The lowest BCUT2D eigenvalue weighted by Gasteiger charge is -2.24. The van der Waals surface area contributed by atoms with Gasteiger partial charge in [0.1, 0.15) is 0 Å². The highest BCUT2D eigenvalue weighted by Crippen LogP contribution is 2.30. The normalized spacial score (nSPS) is 16.1. The van der Waals surface area contributed by atoms with E-state index in [0.717, 1.165) is 21.2 Å². The molecule has 0 saturated heterocycles. The third kappa shape index (κ3) is 4.20. The molecular formula is C24H21BrN2O3S. The molecule has 1 aromatic heterocycles. The number of fused-ring (bicyclic) bond motifs is 1. The van der Waals surface area contributed by atoms with Crippen molar-refractivity contribution in [2.24, 2.45) is 4.99 Å². The topological polar surface area (TPSA) is 60.7 Å². The maximum Gasteiger partial charge on any atom is 0.338 e. The van der Waals surface area contributed by atoms with Gasteiger partial charge < -0.3 is 4.74 Å². The Morgan fingerprint density at radius 3 is 2.48 bits per heavy atom. The van der Waals surface area contributed by atoms with Gasteiger partial charge in [0.15, 0.2) is 4.80 Å². The molecule has 0 saturated carbocycles. The first-order valence-corrected chi connectivity index (χ1v) is 11.5. The summed E-state index contributed by atoms with van der Waals surface area (Å²) >= 11 is 4.75. The molecule has 0 spiro atoms. The number of esters is 1. The number of rotatable bonds is 4. The highest BCUT2D eigenvalue weighted by Gasteiger charge is 2.33. The van der Waals surface area contributed by atoms with E-state index in [9.17, 15) is 9.59 Å². The number of carbonyl (C=O) groups is 1. The van der Waals surface area contributed by atoms with Gasteiger partial charge in [0.2, 0.25) is 0 Å². The first-order valence-electron chi connectivity index (χ1n) is 9.91. The fourth-order valence-electron chi connectivity index (χ4n) is 3.57. The number of hydrogen-bond donors (Lipinski definition) is 0. The van der Waals surface area contributed by atoms with Crippen LogP contribution < -0.4 is 14.9 Å². The van der Waals surface area contributed by atoms with Crippen LogP contribution in [0.4, 0.5) is 0 Å². The molecular weight excluding hydrogens is 476 g/mol. The van der Waals surface area contributed by atoms with Crippen LogP contribution in [0.5, 0.6) is 0 Å². The first-order chi connectivity index (χ1) is 14.9. The average Bonchev–Trinajstić information content (AvgIpc) is 3.04. The Bertz CT molecular complexity index is 1350. The number of hydrogen-bond acceptors (Lipinski definition) is 5. The summed E-state index contributed by atoms with van der Waals surface area (Å²) in [5.41, 5.74) is 3.66. The van der Waals surface area contributed by atoms with E-state index >= 15 is 0 Å². The zero-order chi connectivity index (χ0) is 22.1. The zero-order valence-corrected chi connectivity index (χ0v) is 19.8. The van der Waals surface area contributed by atoms with Crippen molar-refractivity contribution < 1.29 is 9.53 Å². The molecule has 1 atom stereocenters. The average molecular weight is 497 g/mol. The molecule has 0 amide bonds. The number of thiazole rings is 1. The van der Waals surface area contributed by atoms with E-state index in [1.54, 1.807) is 18.4 Å². The lowest BCUT2D eigenvalue weighted by Crippen LogP contribution is -2.39. The summed E-state index contributed by atoms with van der Waals surface area (Å²) in [7, 11) is 0. The summed E-state index contributed by atoms with van der Waals surface area (Å²) in [6.45, 7) is 5.81. The van der Waals surface area contributed by atoms with Gasteiger partial charge in [-0.15, -0.1) is 0 Å². The smallest absolute Gasteiger partial charge is 0.338 e. The van der Waals surface area contributed by atoms with E-state index in [1.807, 2.05) is 61.5 Å². The minimum Gasteiger partial charge on any atom is -0.463 e. The predicted molar refractivity (Wildman–Crippen MR) is 126 cm³/mol. The Hall–Kier alpha value is -2.77. The number of aryl methyl sites for hydroxylation is 1. The summed E-state index contributed by atoms with van der Waals surface area (Å²) in [5, 5.41) is 0. The molecule has 0 bridgehead atoms. The molecule has 2 heterocycles. The minimum absolute atomic E-state index is 0.174. The van der Waals surface area contributed by atoms with Crippen molar-refractivity contribution in [2.45, 2.75) is 26.8 Å². The number of aromatic nitrogens is 1. The van der Waals surface area contributed by atoms with Crippen molar-refractivity contribution in [3.8, 4) is 0 Å². The SMILES string of the molecule is CCOC(=O)C1=C(C)N=c2sc(=Cc3ccc(Br)cc3)c(=O)n2C1c1ccc(C)cc1. The molecule has 3 aromatic rings. The van der Waals surface area contributed by atoms with Crippen molar-refractivity contribution in [2.75, 3.05) is 6.61 Å². The Morgan fingerprint density at radius 1 is 1.16 bits per heavy atom. The zero-order valence-electron chi connectivity index (χ0n) is 17.4. The van der Waals surface area contributed by atoms with Gasteiger partial charge in [-0.1, -0.05) is 69.2 Å². The number of carbonyl (C=O) groups excluding carboxylic acids is 1. The second-order valence-corrected chi connectivity index (χ2v) is 9.19. The number of allylic oxidation sites excluding steroid dienone is 1. The van der Waals surface area contributed by atoms with Gasteiger partial charge >= 0.3 is 5.97 Å². The number of ether oxygens (including phenoxy) is 1. The van der Waals surface area contributed by atoms with Crippen LogP contribution in [0.3, 0.4) is 0 Å². The molecule has 1 unspecified atom stereocenters. The standard InChI is InChI=1S/C24H21BrN2O3S/c1-4-30-23(29)20-15(3)26-24-27(21(20)17-9-5-14(2)6-10-17)22(28)19(31-24)13-16-7-11-18(25)12-8-16/h5-13,21H,4H2,1-3H3. The number of nitrogens with zero attached hydrogens (tertiary/aromatic N) is 2. The Kier molecular flexibility index (Phi) is 6.07. The van der Waals surface area contributed by atoms with Crippen molar-refractivity contribution >= 4 is 39.3 Å². The molecule has 31 heavy (non-hydrogen) atoms. The van der Waals surface area contributed by atoms with Crippen LogP contribution in [0.15, 0.2) is 74.1 Å². The molecule has 4 rings (SSSR count).